The lowest BCUT2D eigenvalue weighted by Crippen LogP contribution is -2.65. The molecule has 2 atom stereocenters. The fraction of sp³-hybridized carbons (Fsp3) is 0.611. The van der Waals surface area contributed by atoms with Crippen molar-refractivity contribution in [2.75, 3.05) is 26.2 Å². The van der Waals surface area contributed by atoms with Gasteiger partial charge in [0.2, 0.25) is 5.91 Å². The Labute approximate surface area is 156 Å². The molecule has 148 valence electrons. The normalized spacial score (nSPS) is 28.0. The maximum atomic E-state index is 13.3. The fourth-order valence-corrected chi connectivity index (χ4v) is 3.93. The van der Waals surface area contributed by atoms with Crippen molar-refractivity contribution in [2.24, 2.45) is 5.73 Å². The maximum Gasteiger partial charge on any atom is 0.253 e. The summed E-state index contributed by atoms with van der Waals surface area (Å²) in [6.07, 6.45) is 3.17. The molecule has 1 aromatic heterocycles. The third-order valence-corrected chi connectivity index (χ3v) is 5.49. The number of ether oxygens (including phenoxy) is 1. The minimum absolute atomic E-state index is 0.0913. The van der Waals surface area contributed by atoms with Crippen LogP contribution in [0.4, 0.5) is 4.39 Å². The van der Waals surface area contributed by atoms with Gasteiger partial charge in [-0.3, -0.25) is 19.5 Å². The number of carbonyl (C=O) groups is 2. The molecule has 2 aliphatic heterocycles. The number of aromatic nitrogens is 1. The lowest BCUT2D eigenvalue weighted by molar-refractivity contribution is -0.177. The topological polar surface area (TPSA) is 118 Å². The molecule has 9 heteroatoms. The van der Waals surface area contributed by atoms with Crippen LogP contribution in [-0.2, 0) is 9.53 Å². The van der Waals surface area contributed by atoms with Gasteiger partial charge in [-0.25, -0.2) is 4.39 Å². The Hall–Kier alpha value is -2.10. The number of pyridine rings is 1. The number of hydrogen-bond donors (Lipinski definition) is 3. The van der Waals surface area contributed by atoms with E-state index in [9.17, 15) is 19.1 Å². The smallest absolute Gasteiger partial charge is 0.253 e. The summed E-state index contributed by atoms with van der Waals surface area (Å²) in [6.45, 7) is 3.36. The average Bonchev–Trinajstić information content (AvgIpc) is 2.60. The van der Waals surface area contributed by atoms with E-state index in [0.29, 0.717) is 32.4 Å². The van der Waals surface area contributed by atoms with Gasteiger partial charge in [0, 0.05) is 25.7 Å². The molecule has 0 aliphatic carbocycles. The van der Waals surface area contributed by atoms with Crippen LogP contribution >= 0.6 is 0 Å². The van der Waals surface area contributed by atoms with Gasteiger partial charge >= 0.3 is 0 Å². The molecule has 3 heterocycles. The number of halogens is 1. The largest absolute Gasteiger partial charge is 0.388 e. The van der Waals surface area contributed by atoms with E-state index < -0.39 is 29.0 Å². The van der Waals surface area contributed by atoms with Gasteiger partial charge in [0.15, 0.2) is 0 Å². The highest BCUT2D eigenvalue weighted by Crippen LogP contribution is 2.39. The second-order valence-corrected chi connectivity index (χ2v) is 7.69. The van der Waals surface area contributed by atoms with Crippen molar-refractivity contribution in [1.29, 1.82) is 0 Å². The monoisotopic (exact) mass is 380 g/mol. The van der Waals surface area contributed by atoms with Crippen molar-refractivity contribution >= 4 is 11.8 Å². The number of aliphatic hydroxyl groups is 1. The molecular formula is C18H25FN4O4. The quantitative estimate of drug-likeness (QED) is 0.666. The van der Waals surface area contributed by atoms with Gasteiger partial charge in [-0.05, 0) is 25.8 Å². The SMILES string of the molecule is C[C@]1(NC(=O)c2cncc(F)c2)CC2(CCN(CC(N)=O)CC2)OC[C@@H]1O. The number of nitrogens with one attached hydrogen (secondary N) is 1. The average molecular weight is 380 g/mol. The van der Waals surface area contributed by atoms with Gasteiger partial charge in [0.05, 0.1) is 36.1 Å². The van der Waals surface area contributed by atoms with Gasteiger partial charge in [-0.15, -0.1) is 0 Å². The van der Waals surface area contributed by atoms with Gasteiger partial charge in [-0.2, -0.15) is 0 Å². The molecule has 1 spiro atoms. The molecule has 2 saturated heterocycles. The summed E-state index contributed by atoms with van der Waals surface area (Å²) >= 11 is 0. The summed E-state index contributed by atoms with van der Waals surface area (Å²) in [5, 5.41) is 13.3. The number of piperidine rings is 1. The first kappa shape index (κ1) is 19.7. The lowest BCUT2D eigenvalue weighted by Gasteiger charge is -2.51. The van der Waals surface area contributed by atoms with Crippen LogP contribution in [0.2, 0.25) is 0 Å². The molecule has 0 radical (unpaired) electrons. The number of primary amides is 1. The molecule has 2 fully saturated rings. The number of amides is 2. The van der Waals surface area contributed by atoms with E-state index in [4.69, 9.17) is 10.5 Å². The lowest BCUT2D eigenvalue weighted by atomic mass is 9.74. The molecule has 2 amide bonds. The second-order valence-electron chi connectivity index (χ2n) is 7.69. The predicted molar refractivity (Wildman–Crippen MR) is 94.2 cm³/mol. The number of rotatable bonds is 4. The number of nitrogens with zero attached hydrogens (tertiary/aromatic N) is 2. The minimum Gasteiger partial charge on any atom is -0.388 e. The molecule has 3 rings (SSSR count). The Balaban J connectivity index is 1.69. The van der Waals surface area contributed by atoms with Crippen molar-refractivity contribution in [3.8, 4) is 0 Å². The highest BCUT2D eigenvalue weighted by atomic mass is 19.1. The van der Waals surface area contributed by atoms with Gasteiger partial charge < -0.3 is 20.9 Å². The molecule has 27 heavy (non-hydrogen) atoms. The van der Waals surface area contributed by atoms with Crippen LogP contribution in [0, 0.1) is 5.82 Å². The van der Waals surface area contributed by atoms with E-state index in [1.165, 1.54) is 6.20 Å². The van der Waals surface area contributed by atoms with Crippen molar-refractivity contribution in [3.05, 3.63) is 29.8 Å². The highest BCUT2D eigenvalue weighted by molar-refractivity contribution is 5.94. The van der Waals surface area contributed by atoms with Crippen molar-refractivity contribution in [1.82, 2.24) is 15.2 Å². The Morgan fingerprint density at radius 1 is 1.44 bits per heavy atom. The molecule has 0 unspecified atom stereocenters. The van der Waals surface area contributed by atoms with Crippen LogP contribution in [0.5, 0.6) is 0 Å². The van der Waals surface area contributed by atoms with Crippen LogP contribution in [0.1, 0.15) is 36.5 Å². The fourth-order valence-electron chi connectivity index (χ4n) is 3.93. The van der Waals surface area contributed by atoms with E-state index in [1.54, 1.807) is 6.92 Å². The maximum absolute atomic E-state index is 13.3. The Bertz CT molecular complexity index is 723. The van der Waals surface area contributed by atoms with Crippen LogP contribution in [0.25, 0.3) is 0 Å². The molecule has 2 aliphatic rings. The second kappa shape index (κ2) is 7.49. The summed E-state index contributed by atoms with van der Waals surface area (Å²) in [6, 6.07) is 1.11. The van der Waals surface area contributed by atoms with Crippen molar-refractivity contribution in [2.45, 2.75) is 43.4 Å². The van der Waals surface area contributed by atoms with Gasteiger partial charge in [-0.1, -0.05) is 0 Å². The summed E-state index contributed by atoms with van der Waals surface area (Å²) in [4.78, 5) is 29.3. The zero-order valence-electron chi connectivity index (χ0n) is 15.3. The van der Waals surface area contributed by atoms with Gasteiger partial charge in [0.1, 0.15) is 11.9 Å². The third-order valence-electron chi connectivity index (χ3n) is 5.49. The standard InChI is InChI=1S/C18H25FN4O4/c1-17(22-16(26)12-6-13(19)8-21-7-12)11-18(27-10-14(17)24)2-4-23(5-3-18)9-15(20)25/h6-8,14,24H,2-5,9-11H2,1H3,(H2,20,25)(H,22,26)/t14-,17-/m0/s1. The van der Waals surface area contributed by atoms with Crippen LogP contribution < -0.4 is 11.1 Å². The summed E-state index contributed by atoms with van der Waals surface area (Å²) in [5.74, 6) is -1.46. The van der Waals surface area contributed by atoms with Crippen LogP contribution in [-0.4, -0.2) is 70.3 Å². The molecule has 0 aromatic carbocycles. The Kier molecular flexibility index (Phi) is 5.45. The summed E-state index contributed by atoms with van der Waals surface area (Å²) in [7, 11) is 0. The first-order chi connectivity index (χ1) is 12.7. The Morgan fingerprint density at radius 2 is 2.15 bits per heavy atom. The first-order valence-corrected chi connectivity index (χ1v) is 8.97. The minimum atomic E-state index is -0.923. The van der Waals surface area contributed by atoms with Crippen molar-refractivity contribution < 1.29 is 23.8 Å². The van der Waals surface area contributed by atoms with E-state index >= 15 is 0 Å². The zero-order valence-corrected chi connectivity index (χ0v) is 15.3. The Morgan fingerprint density at radius 3 is 2.78 bits per heavy atom. The number of hydrogen-bond acceptors (Lipinski definition) is 6. The first-order valence-electron chi connectivity index (χ1n) is 8.97. The van der Waals surface area contributed by atoms with E-state index in [2.05, 4.69) is 10.3 Å². The molecule has 0 bridgehead atoms. The van der Waals surface area contributed by atoms with Crippen LogP contribution in [0.3, 0.4) is 0 Å². The molecular weight excluding hydrogens is 355 g/mol. The predicted octanol–water partition coefficient (Wildman–Crippen LogP) is -0.190. The van der Waals surface area contributed by atoms with E-state index in [0.717, 1.165) is 12.3 Å². The number of nitrogens with two attached hydrogens (primary N) is 1. The number of aliphatic hydroxyl groups excluding tert-OH is 1. The summed E-state index contributed by atoms with van der Waals surface area (Å²) < 4.78 is 19.3. The number of likely N-dealkylation sites (tertiary alicyclic amines) is 1. The zero-order chi connectivity index (χ0) is 19.7. The highest BCUT2D eigenvalue weighted by Gasteiger charge is 2.50. The summed E-state index contributed by atoms with van der Waals surface area (Å²) in [5.41, 5.74) is 3.93. The molecule has 0 saturated carbocycles. The van der Waals surface area contributed by atoms with Crippen LogP contribution in [0.15, 0.2) is 18.5 Å². The van der Waals surface area contributed by atoms with E-state index in [1.807, 2.05) is 4.90 Å². The molecule has 1 aromatic rings. The van der Waals surface area contributed by atoms with Gasteiger partial charge in [0.25, 0.3) is 5.91 Å². The molecule has 8 nitrogen and oxygen atoms in total. The molecule has 4 N–H and O–H groups in total. The number of carbonyl (C=O) groups excluding carboxylic acids is 2. The van der Waals surface area contributed by atoms with Crippen molar-refractivity contribution in [3.63, 3.8) is 0 Å². The third kappa shape index (κ3) is 4.42. The van der Waals surface area contributed by atoms with E-state index in [-0.39, 0.29) is 24.6 Å².